The van der Waals surface area contributed by atoms with Crippen molar-refractivity contribution in [1.82, 2.24) is 0 Å². The Bertz CT molecular complexity index is 108. The zero-order chi connectivity index (χ0) is 7.49. The van der Waals surface area contributed by atoms with Gasteiger partial charge in [-0.15, -0.1) is 0 Å². The molecule has 0 aromatic heterocycles. The van der Waals surface area contributed by atoms with E-state index < -0.39 is 5.60 Å². The predicted molar refractivity (Wildman–Crippen MR) is 37.6 cm³/mol. The molecule has 0 saturated heterocycles. The first-order valence-electron chi connectivity index (χ1n) is 2.96. The van der Waals surface area contributed by atoms with Gasteiger partial charge >= 0.3 is 0 Å². The second kappa shape index (κ2) is 2.82. The van der Waals surface area contributed by atoms with Crippen LogP contribution < -0.4 is 5.73 Å². The van der Waals surface area contributed by atoms with Gasteiger partial charge in [0.05, 0.1) is 0 Å². The normalized spacial score (nSPS) is 16.8. The molecule has 0 heterocycles. The Kier molecular flexibility index (Phi) is 2.65. The molecule has 0 rings (SSSR count). The van der Waals surface area contributed by atoms with Gasteiger partial charge in [0.15, 0.2) is 0 Å². The Labute approximate surface area is 55.7 Å². The molecule has 1 atom stereocenters. The predicted octanol–water partition coefficient (Wildman–Crippen LogP) is 0.737. The Balaban J connectivity index is 4.09. The van der Waals surface area contributed by atoms with Gasteiger partial charge in [0.1, 0.15) is 11.4 Å². The monoisotopic (exact) mass is 130 g/mol. The molecule has 0 aromatic rings. The molecule has 54 valence electrons. The lowest BCUT2D eigenvalue weighted by atomic mass is 10.0. The van der Waals surface area contributed by atoms with Crippen molar-refractivity contribution in [2.75, 3.05) is 7.11 Å². The van der Waals surface area contributed by atoms with Crippen molar-refractivity contribution >= 4 is 5.84 Å². The fraction of sp³-hybridized carbons (Fsp3) is 0.833. The zero-order valence-corrected chi connectivity index (χ0v) is 6.19. The standard InChI is InChI=1S/C6H14N2O/c1-4-6(2,9-3)5(7)8/h4H2,1-3H3,(H3,7,8). The van der Waals surface area contributed by atoms with Gasteiger partial charge in [-0.1, -0.05) is 6.92 Å². The van der Waals surface area contributed by atoms with Crippen LogP contribution in [0, 0.1) is 5.41 Å². The van der Waals surface area contributed by atoms with E-state index in [1.54, 1.807) is 14.0 Å². The molecule has 3 heteroatoms. The highest BCUT2D eigenvalue weighted by atomic mass is 16.5. The first-order valence-corrected chi connectivity index (χ1v) is 2.96. The van der Waals surface area contributed by atoms with Gasteiger partial charge in [0.2, 0.25) is 0 Å². The summed E-state index contributed by atoms with van der Waals surface area (Å²) < 4.78 is 5.00. The van der Waals surface area contributed by atoms with Crippen LogP contribution in [-0.4, -0.2) is 18.5 Å². The molecule has 0 spiro atoms. The lowest BCUT2D eigenvalue weighted by molar-refractivity contribution is 0.0613. The number of methoxy groups -OCH3 is 1. The summed E-state index contributed by atoms with van der Waals surface area (Å²) in [5, 5.41) is 7.10. The number of nitrogens with one attached hydrogen (secondary N) is 1. The average Bonchev–Trinajstić information content (AvgIpc) is 1.86. The number of hydrogen-bond acceptors (Lipinski definition) is 2. The van der Waals surface area contributed by atoms with Gasteiger partial charge in [-0.25, -0.2) is 0 Å². The maximum Gasteiger partial charge on any atom is 0.123 e. The largest absolute Gasteiger partial charge is 0.385 e. The highest BCUT2D eigenvalue weighted by Crippen LogP contribution is 2.11. The van der Waals surface area contributed by atoms with Crippen molar-refractivity contribution < 1.29 is 4.74 Å². The molecule has 0 aliphatic rings. The van der Waals surface area contributed by atoms with Crippen molar-refractivity contribution in [2.45, 2.75) is 25.9 Å². The van der Waals surface area contributed by atoms with Crippen LogP contribution in [0.1, 0.15) is 20.3 Å². The van der Waals surface area contributed by atoms with Gasteiger partial charge in [-0.3, -0.25) is 5.41 Å². The van der Waals surface area contributed by atoms with E-state index in [1.807, 2.05) is 6.92 Å². The number of rotatable bonds is 3. The highest BCUT2D eigenvalue weighted by Gasteiger charge is 2.24. The van der Waals surface area contributed by atoms with E-state index in [0.29, 0.717) is 0 Å². The molecule has 0 amide bonds. The second-order valence-electron chi connectivity index (χ2n) is 2.20. The maximum absolute atomic E-state index is 7.10. The minimum Gasteiger partial charge on any atom is -0.385 e. The van der Waals surface area contributed by atoms with Crippen molar-refractivity contribution in [1.29, 1.82) is 5.41 Å². The van der Waals surface area contributed by atoms with E-state index in [4.69, 9.17) is 15.9 Å². The SMILES string of the molecule is CCC(C)(OC)C(=N)N. The molecular weight excluding hydrogens is 116 g/mol. The molecule has 0 saturated carbocycles. The molecule has 9 heavy (non-hydrogen) atoms. The van der Waals surface area contributed by atoms with Crippen LogP contribution in [-0.2, 0) is 4.74 Å². The summed E-state index contributed by atoms with van der Waals surface area (Å²) in [6.45, 7) is 3.74. The van der Waals surface area contributed by atoms with Gasteiger partial charge < -0.3 is 10.5 Å². The van der Waals surface area contributed by atoms with E-state index in [9.17, 15) is 0 Å². The molecule has 0 bridgehead atoms. The second-order valence-corrected chi connectivity index (χ2v) is 2.20. The molecule has 3 N–H and O–H groups in total. The van der Waals surface area contributed by atoms with E-state index in [-0.39, 0.29) is 5.84 Å². The van der Waals surface area contributed by atoms with Gasteiger partial charge in [0, 0.05) is 7.11 Å². The summed E-state index contributed by atoms with van der Waals surface area (Å²) >= 11 is 0. The quantitative estimate of drug-likeness (QED) is 0.437. The van der Waals surface area contributed by atoms with Crippen molar-refractivity contribution in [3.05, 3.63) is 0 Å². The number of ether oxygens (including phenoxy) is 1. The molecule has 0 radical (unpaired) electrons. The summed E-state index contributed by atoms with van der Waals surface area (Å²) in [4.78, 5) is 0. The lowest BCUT2D eigenvalue weighted by Gasteiger charge is -2.24. The van der Waals surface area contributed by atoms with E-state index in [1.165, 1.54) is 0 Å². The van der Waals surface area contributed by atoms with E-state index in [2.05, 4.69) is 0 Å². The zero-order valence-electron chi connectivity index (χ0n) is 6.19. The van der Waals surface area contributed by atoms with Crippen LogP contribution in [0.15, 0.2) is 0 Å². The third kappa shape index (κ3) is 1.68. The van der Waals surface area contributed by atoms with Gasteiger partial charge in [-0.05, 0) is 13.3 Å². The van der Waals surface area contributed by atoms with Gasteiger partial charge in [0.25, 0.3) is 0 Å². The van der Waals surface area contributed by atoms with Crippen LogP contribution in [0.4, 0.5) is 0 Å². The Morgan fingerprint density at radius 1 is 1.78 bits per heavy atom. The van der Waals surface area contributed by atoms with Crippen LogP contribution >= 0.6 is 0 Å². The fourth-order valence-corrected chi connectivity index (χ4v) is 0.445. The number of nitrogens with two attached hydrogens (primary N) is 1. The van der Waals surface area contributed by atoms with Crippen molar-refractivity contribution in [2.24, 2.45) is 5.73 Å². The third-order valence-corrected chi connectivity index (χ3v) is 1.69. The average molecular weight is 130 g/mol. The Hall–Kier alpha value is -0.570. The summed E-state index contributed by atoms with van der Waals surface area (Å²) in [6, 6.07) is 0. The van der Waals surface area contributed by atoms with Crippen LogP contribution in [0.25, 0.3) is 0 Å². The topological polar surface area (TPSA) is 59.1 Å². The van der Waals surface area contributed by atoms with Crippen LogP contribution in [0.3, 0.4) is 0 Å². The van der Waals surface area contributed by atoms with Crippen molar-refractivity contribution in [3.63, 3.8) is 0 Å². The van der Waals surface area contributed by atoms with Crippen molar-refractivity contribution in [3.8, 4) is 0 Å². The van der Waals surface area contributed by atoms with E-state index >= 15 is 0 Å². The molecule has 1 unspecified atom stereocenters. The first-order chi connectivity index (χ1) is 4.06. The molecular formula is C6H14N2O. The number of hydrogen-bond donors (Lipinski definition) is 2. The minimum absolute atomic E-state index is 0.0903. The summed E-state index contributed by atoms with van der Waals surface area (Å²) in [5.74, 6) is 0.0903. The van der Waals surface area contributed by atoms with Crippen LogP contribution in [0.2, 0.25) is 0 Å². The lowest BCUT2D eigenvalue weighted by Crippen LogP contribution is -2.41. The minimum atomic E-state index is -0.556. The third-order valence-electron chi connectivity index (χ3n) is 1.69. The molecule has 0 aromatic carbocycles. The summed E-state index contributed by atoms with van der Waals surface area (Å²) in [5.41, 5.74) is 4.69. The Morgan fingerprint density at radius 2 is 2.22 bits per heavy atom. The fourth-order valence-electron chi connectivity index (χ4n) is 0.445. The molecule has 0 aliphatic heterocycles. The molecule has 3 nitrogen and oxygen atoms in total. The number of amidine groups is 1. The Morgan fingerprint density at radius 3 is 2.22 bits per heavy atom. The maximum atomic E-state index is 7.10. The van der Waals surface area contributed by atoms with E-state index in [0.717, 1.165) is 6.42 Å². The van der Waals surface area contributed by atoms with Crippen LogP contribution in [0.5, 0.6) is 0 Å². The molecule has 0 fully saturated rings. The highest BCUT2D eigenvalue weighted by molar-refractivity contribution is 5.85. The first kappa shape index (κ1) is 8.43. The smallest absolute Gasteiger partial charge is 0.123 e. The summed E-state index contributed by atoms with van der Waals surface area (Å²) in [6.07, 6.45) is 0.735. The summed E-state index contributed by atoms with van der Waals surface area (Å²) in [7, 11) is 1.56. The van der Waals surface area contributed by atoms with Gasteiger partial charge in [-0.2, -0.15) is 0 Å². The molecule has 0 aliphatic carbocycles.